The first-order chi connectivity index (χ1) is 12.0. The van der Waals surface area contributed by atoms with Gasteiger partial charge in [-0.3, -0.25) is 4.79 Å². The molecular formula is C19H17ClN2O3. The molecule has 2 rings (SSSR count). The van der Waals surface area contributed by atoms with E-state index >= 15 is 0 Å². The number of nitrogens with zero attached hydrogens (tertiary/aromatic N) is 1. The summed E-state index contributed by atoms with van der Waals surface area (Å²) in [4.78, 5) is 12.3. The van der Waals surface area contributed by atoms with E-state index in [-0.39, 0.29) is 5.57 Å². The van der Waals surface area contributed by atoms with Crippen molar-refractivity contribution in [1.29, 1.82) is 5.26 Å². The SMILES string of the molecule is COc1ccc(/C=C(\C#N)C(=O)Nc2ccc(OC)c(Cl)c2)cc1C. The van der Waals surface area contributed by atoms with E-state index in [4.69, 9.17) is 21.1 Å². The number of carbonyl (C=O) groups excluding carboxylic acids is 1. The van der Waals surface area contributed by atoms with Crippen molar-refractivity contribution >= 4 is 29.3 Å². The van der Waals surface area contributed by atoms with Crippen LogP contribution in [0.2, 0.25) is 5.02 Å². The molecule has 0 bridgehead atoms. The van der Waals surface area contributed by atoms with E-state index in [1.165, 1.54) is 13.2 Å². The van der Waals surface area contributed by atoms with E-state index in [0.717, 1.165) is 16.9 Å². The van der Waals surface area contributed by atoms with Crippen LogP contribution < -0.4 is 14.8 Å². The Morgan fingerprint density at radius 3 is 2.40 bits per heavy atom. The first-order valence-corrected chi connectivity index (χ1v) is 7.77. The van der Waals surface area contributed by atoms with Gasteiger partial charge in [0, 0.05) is 5.69 Å². The number of methoxy groups -OCH3 is 2. The van der Waals surface area contributed by atoms with Gasteiger partial charge in [0.25, 0.3) is 5.91 Å². The van der Waals surface area contributed by atoms with Crippen LogP contribution in [0.4, 0.5) is 5.69 Å². The molecular weight excluding hydrogens is 340 g/mol. The maximum absolute atomic E-state index is 12.3. The zero-order valence-corrected chi connectivity index (χ0v) is 14.8. The standard InChI is InChI=1S/C19H17ClN2O3/c1-12-8-13(4-6-17(12)24-2)9-14(11-21)19(23)22-15-5-7-18(25-3)16(20)10-15/h4-10H,1-3H3,(H,22,23)/b14-9+. The summed E-state index contributed by atoms with van der Waals surface area (Å²) in [6, 6.07) is 12.2. The van der Waals surface area contributed by atoms with Gasteiger partial charge < -0.3 is 14.8 Å². The van der Waals surface area contributed by atoms with Gasteiger partial charge in [0.05, 0.1) is 19.2 Å². The third-order valence-electron chi connectivity index (χ3n) is 3.50. The number of amides is 1. The molecule has 0 radical (unpaired) electrons. The number of halogens is 1. The predicted molar refractivity (Wildman–Crippen MR) is 98.0 cm³/mol. The van der Waals surface area contributed by atoms with E-state index in [0.29, 0.717) is 16.5 Å². The Morgan fingerprint density at radius 1 is 1.16 bits per heavy atom. The molecule has 0 fully saturated rings. The average Bonchev–Trinajstić information content (AvgIpc) is 2.60. The number of benzene rings is 2. The van der Waals surface area contributed by atoms with Gasteiger partial charge in [0.15, 0.2) is 0 Å². The van der Waals surface area contributed by atoms with E-state index < -0.39 is 5.91 Å². The summed E-state index contributed by atoms with van der Waals surface area (Å²) in [6.07, 6.45) is 1.52. The quantitative estimate of drug-likeness (QED) is 0.643. The Labute approximate surface area is 151 Å². The smallest absolute Gasteiger partial charge is 0.266 e. The van der Waals surface area contributed by atoms with Gasteiger partial charge in [-0.25, -0.2) is 0 Å². The van der Waals surface area contributed by atoms with Crippen LogP contribution in [-0.2, 0) is 4.79 Å². The number of rotatable bonds is 5. The molecule has 1 N–H and O–H groups in total. The minimum absolute atomic E-state index is 0.0171. The lowest BCUT2D eigenvalue weighted by Crippen LogP contribution is -2.13. The number of hydrogen-bond donors (Lipinski definition) is 1. The second-order valence-electron chi connectivity index (χ2n) is 5.20. The van der Waals surface area contributed by atoms with Crippen molar-refractivity contribution in [3.63, 3.8) is 0 Å². The fourth-order valence-corrected chi connectivity index (χ4v) is 2.51. The monoisotopic (exact) mass is 356 g/mol. The molecule has 128 valence electrons. The molecule has 2 aromatic rings. The van der Waals surface area contributed by atoms with Crippen LogP contribution in [0.1, 0.15) is 11.1 Å². The topological polar surface area (TPSA) is 71.3 Å². The molecule has 0 aliphatic heterocycles. The molecule has 25 heavy (non-hydrogen) atoms. The highest BCUT2D eigenvalue weighted by molar-refractivity contribution is 6.32. The van der Waals surface area contributed by atoms with Gasteiger partial charge in [-0.1, -0.05) is 17.7 Å². The molecule has 0 unspecified atom stereocenters. The van der Waals surface area contributed by atoms with Gasteiger partial charge in [0.2, 0.25) is 0 Å². The van der Waals surface area contributed by atoms with E-state index in [1.807, 2.05) is 19.1 Å². The van der Waals surface area contributed by atoms with Gasteiger partial charge in [-0.05, 0) is 54.5 Å². The second kappa shape index (κ2) is 8.22. The highest BCUT2D eigenvalue weighted by Crippen LogP contribution is 2.27. The number of hydrogen-bond acceptors (Lipinski definition) is 4. The fourth-order valence-electron chi connectivity index (χ4n) is 2.25. The number of nitrogens with one attached hydrogen (secondary N) is 1. The van der Waals surface area contributed by atoms with Crippen molar-refractivity contribution < 1.29 is 14.3 Å². The molecule has 0 spiro atoms. The summed E-state index contributed by atoms with van der Waals surface area (Å²) < 4.78 is 10.3. The van der Waals surface area contributed by atoms with E-state index in [9.17, 15) is 10.1 Å². The third kappa shape index (κ3) is 4.52. The number of anilines is 1. The minimum atomic E-state index is -0.516. The van der Waals surface area contributed by atoms with E-state index in [1.54, 1.807) is 37.4 Å². The number of ether oxygens (including phenoxy) is 2. The number of aryl methyl sites for hydroxylation is 1. The zero-order valence-electron chi connectivity index (χ0n) is 14.1. The van der Waals surface area contributed by atoms with Crippen LogP contribution in [0, 0.1) is 18.3 Å². The summed E-state index contributed by atoms with van der Waals surface area (Å²) in [7, 11) is 3.10. The highest BCUT2D eigenvalue weighted by atomic mass is 35.5. The van der Waals surface area contributed by atoms with Crippen LogP contribution in [0.5, 0.6) is 11.5 Å². The normalized spacial score (nSPS) is 10.8. The van der Waals surface area contributed by atoms with Crippen molar-refractivity contribution in [2.75, 3.05) is 19.5 Å². The Bertz CT molecular complexity index is 869. The second-order valence-corrected chi connectivity index (χ2v) is 5.61. The molecule has 0 aliphatic carbocycles. The first kappa shape index (κ1) is 18.4. The maximum atomic E-state index is 12.3. The lowest BCUT2D eigenvalue weighted by atomic mass is 10.1. The van der Waals surface area contributed by atoms with Crippen molar-refractivity contribution in [2.24, 2.45) is 0 Å². The maximum Gasteiger partial charge on any atom is 0.266 e. The molecule has 0 aliphatic rings. The molecule has 0 aromatic heterocycles. The van der Waals surface area contributed by atoms with Crippen LogP contribution in [-0.4, -0.2) is 20.1 Å². The Kier molecular flexibility index (Phi) is 6.04. The Hall–Kier alpha value is -2.97. The highest BCUT2D eigenvalue weighted by Gasteiger charge is 2.11. The molecule has 0 heterocycles. The summed E-state index contributed by atoms with van der Waals surface area (Å²) in [5.74, 6) is 0.731. The largest absolute Gasteiger partial charge is 0.496 e. The summed E-state index contributed by atoms with van der Waals surface area (Å²) in [5, 5.41) is 12.3. The first-order valence-electron chi connectivity index (χ1n) is 7.39. The van der Waals surface area contributed by atoms with Crippen molar-refractivity contribution in [3.8, 4) is 17.6 Å². The molecule has 0 saturated carbocycles. The van der Waals surface area contributed by atoms with Crippen molar-refractivity contribution in [1.82, 2.24) is 0 Å². The summed E-state index contributed by atoms with van der Waals surface area (Å²) >= 11 is 6.03. The van der Waals surface area contributed by atoms with Gasteiger partial charge >= 0.3 is 0 Å². The number of carbonyl (C=O) groups is 1. The predicted octanol–water partition coefficient (Wildman–Crippen LogP) is 4.21. The lowest BCUT2D eigenvalue weighted by molar-refractivity contribution is -0.112. The average molecular weight is 357 g/mol. The molecule has 0 atom stereocenters. The summed E-state index contributed by atoms with van der Waals surface area (Å²) in [6.45, 7) is 1.89. The summed E-state index contributed by atoms with van der Waals surface area (Å²) in [5.41, 5.74) is 2.10. The van der Waals surface area contributed by atoms with Crippen molar-refractivity contribution in [2.45, 2.75) is 6.92 Å². The lowest BCUT2D eigenvalue weighted by Gasteiger charge is -2.08. The fraction of sp³-hybridized carbons (Fsp3) is 0.158. The van der Waals surface area contributed by atoms with Crippen LogP contribution in [0.3, 0.4) is 0 Å². The molecule has 2 aromatic carbocycles. The zero-order chi connectivity index (χ0) is 18.4. The van der Waals surface area contributed by atoms with Crippen LogP contribution in [0.25, 0.3) is 6.08 Å². The van der Waals surface area contributed by atoms with Gasteiger partial charge in [-0.2, -0.15) is 5.26 Å². The Morgan fingerprint density at radius 2 is 1.84 bits per heavy atom. The van der Waals surface area contributed by atoms with Crippen LogP contribution >= 0.6 is 11.6 Å². The van der Waals surface area contributed by atoms with Gasteiger partial charge in [-0.15, -0.1) is 0 Å². The van der Waals surface area contributed by atoms with Crippen LogP contribution in [0.15, 0.2) is 42.0 Å². The Balaban J connectivity index is 2.22. The molecule has 0 saturated heterocycles. The van der Waals surface area contributed by atoms with Gasteiger partial charge in [0.1, 0.15) is 23.1 Å². The van der Waals surface area contributed by atoms with E-state index in [2.05, 4.69) is 5.32 Å². The molecule has 1 amide bonds. The minimum Gasteiger partial charge on any atom is -0.496 e. The number of nitriles is 1. The van der Waals surface area contributed by atoms with Crippen molar-refractivity contribution in [3.05, 3.63) is 58.1 Å². The molecule has 5 nitrogen and oxygen atoms in total. The third-order valence-corrected chi connectivity index (χ3v) is 3.80. The molecule has 6 heteroatoms.